The van der Waals surface area contributed by atoms with Gasteiger partial charge < -0.3 is 4.74 Å². The molecule has 0 amide bonds. The van der Waals surface area contributed by atoms with Crippen molar-refractivity contribution in [3.63, 3.8) is 0 Å². The van der Waals surface area contributed by atoms with E-state index in [2.05, 4.69) is 32.6 Å². The average molecular weight is 204 g/mol. The first-order valence-electron chi connectivity index (χ1n) is 5.44. The maximum atomic E-state index is 5.37. The molecule has 0 aliphatic rings. The number of benzene rings is 1. The Kier molecular flexibility index (Phi) is 4.41. The van der Waals surface area contributed by atoms with Crippen LogP contribution in [-0.2, 0) is 0 Å². The summed E-state index contributed by atoms with van der Waals surface area (Å²) in [6.45, 7) is 8.28. The zero-order chi connectivity index (χ0) is 11.3. The van der Waals surface area contributed by atoms with Crippen molar-refractivity contribution in [3.8, 4) is 5.75 Å². The molecule has 82 valence electrons. The van der Waals surface area contributed by atoms with Crippen LogP contribution in [0.2, 0.25) is 0 Å². The van der Waals surface area contributed by atoms with Gasteiger partial charge in [-0.3, -0.25) is 0 Å². The fraction of sp³-hybridized carbons (Fsp3) is 0.429. The molecule has 1 nitrogen and oxygen atoms in total. The number of hydrogen-bond donors (Lipinski definition) is 0. The summed E-state index contributed by atoms with van der Waals surface area (Å²) in [5, 5.41) is 0. The zero-order valence-electron chi connectivity index (χ0n) is 9.86. The molecule has 15 heavy (non-hydrogen) atoms. The minimum Gasteiger partial charge on any atom is -0.496 e. The number of rotatable bonds is 5. The number of allylic oxidation sites excluding steroid dienone is 1. The number of methoxy groups -OCH3 is 1. The van der Waals surface area contributed by atoms with Gasteiger partial charge >= 0.3 is 0 Å². The second-order valence-electron chi connectivity index (χ2n) is 4.03. The summed E-state index contributed by atoms with van der Waals surface area (Å²) in [6, 6.07) is 8.23. The van der Waals surface area contributed by atoms with Gasteiger partial charge in [0.05, 0.1) is 7.11 Å². The van der Waals surface area contributed by atoms with Gasteiger partial charge in [-0.15, -0.1) is 6.58 Å². The van der Waals surface area contributed by atoms with E-state index in [0.717, 1.165) is 12.2 Å². The van der Waals surface area contributed by atoms with Crippen molar-refractivity contribution in [1.82, 2.24) is 0 Å². The third-order valence-electron chi connectivity index (χ3n) is 3.02. The highest BCUT2D eigenvalue weighted by molar-refractivity contribution is 5.36. The predicted molar refractivity (Wildman–Crippen MR) is 65.4 cm³/mol. The number of para-hydroxylation sites is 1. The van der Waals surface area contributed by atoms with E-state index in [4.69, 9.17) is 4.74 Å². The molecule has 1 aromatic rings. The molecule has 0 aromatic heterocycles. The molecular formula is C14H20O. The summed E-state index contributed by atoms with van der Waals surface area (Å²) in [7, 11) is 1.73. The maximum absolute atomic E-state index is 5.37. The largest absolute Gasteiger partial charge is 0.496 e. The molecule has 1 heteroatoms. The van der Waals surface area contributed by atoms with Crippen LogP contribution in [0.15, 0.2) is 36.9 Å². The molecule has 0 saturated carbocycles. The van der Waals surface area contributed by atoms with Crippen molar-refractivity contribution in [1.29, 1.82) is 0 Å². The Morgan fingerprint density at radius 3 is 2.60 bits per heavy atom. The lowest BCUT2D eigenvalue weighted by molar-refractivity contribution is 0.395. The topological polar surface area (TPSA) is 9.23 Å². The molecule has 0 heterocycles. The zero-order valence-corrected chi connectivity index (χ0v) is 9.86. The van der Waals surface area contributed by atoms with E-state index in [0.29, 0.717) is 11.8 Å². The Balaban J connectivity index is 2.89. The van der Waals surface area contributed by atoms with Gasteiger partial charge in [0.25, 0.3) is 0 Å². The Morgan fingerprint density at radius 1 is 1.33 bits per heavy atom. The van der Waals surface area contributed by atoms with E-state index >= 15 is 0 Å². The van der Waals surface area contributed by atoms with Crippen LogP contribution in [0, 0.1) is 5.92 Å². The first-order chi connectivity index (χ1) is 7.20. The molecule has 0 aliphatic carbocycles. The molecule has 1 rings (SSSR count). The highest BCUT2D eigenvalue weighted by atomic mass is 16.5. The smallest absolute Gasteiger partial charge is 0.122 e. The van der Waals surface area contributed by atoms with E-state index < -0.39 is 0 Å². The van der Waals surface area contributed by atoms with Gasteiger partial charge in [0.2, 0.25) is 0 Å². The average Bonchev–Trinajstić information content (AvgIpc) is 2.28. The second-order valence-corrected chi connectivity index (χ2v) is 4.03. The first kappa shape index (κ1) is 11.8. The van der Waals surface area contributed by atoms with Crippen LogP contribution in [0.3, 0.4) is 0 Å². The molecule has 0 fully saturated rings. The molecule has 1 aromatic carbocycles. The predicted octanol–water partition coefficient (Wildman–Crippen LogP) is 4.01. The normalized spacial score (nSPS) is 14.3. The quantitative estimate of drug-likeness (QED) is 0.658. The van der Waals surface area contributed by atoms with Crippen molar-refractivity contribution >= 4 is 0 Å². The van der Waals surface area contributed by atoms with Gasteiger partial charge in [-0.05, 0) is 29.9 Å². The van der Waals surface area contributed by atoms with Crippen LogP contribution in [0.1, 0.15) is 31.7 Å². The van der Waals surface area contributed by atoms with Crippen LogP contribution < -0.4 is 4.74 Å². The fourth-order valence-corrected chi connectivity index (χ4v) is 1.82. The van der Waals surface area contributed by atoms with Gasteiger partial charge in [-0.2, -0.15) is 0 Å². The van der Waals surface area contributed by atoms with Crippen LogP contribution >= 0.6 is 0 Å². The highest BCUT2D eigenvalue weighted by Gasteiger charge is 2.16. The molecular weight excluding hydrogens is 184 g/mol. The lowest BCUT2D eigenvalue weighted by atomic mass is 9.86. The van der Waals surface area contributed by atoms with Gasteiger partial charge in [-0.1, -0.05) is 38.1 Å². The van der Waals surface area contributed by atoms with E-state index in [-0.39, 0.29) is 0 Å². The molecule has 0 unspecified atom stereocenters. The molecule has 0 bridgehead atoms. The van der Waals surface area contributed by atoms with Crippen LogP contribution in [0.4, 0.5) is 0 Å². The van der Waals surface area contributed by atoms with Crippen molar-refractivity contribution in [2.45, 2.75) is 26.2 Å². The Hall–Kier alpha value is -1.24. The number of ether oxygens (including phenoxy) is 1. The lowest BCUT2D eigenvalue weighted by Crippen LogP contribution is -2.06. The Morgan fingerprint density at radius 2 is 2.00 bits per heavy atom. The molecule has 0 saturated heterocycles. The van der Waals surface area contributed by atoms with Crippen molar-refractivity contribution in [2.75, 3.05) is 7.11 Å². The molecule has 0 radical (unpaired) electrons. The SMILES string of the molecule is C=CC[C@@H](C)[C@@H](C)c1ccccc1OC. The second kappa shape index (κ2) is 5.59. The number of hydrogen-bond acceptors (Lipinski definition) is 1. The summed E-state index contributed by atoms with van der Waals surface area (Å²) in [4.78, 5) is 0. The lowest BCUT2D eigenvalue weighted by Gasteiger charge is -2.21. The Labute approximate surface area is 92.8 Å². The van der Waals surface area contributed by atoms with Crippen LogP contribution in [-0.4, -0.2) is 7.11 Å². The van der Waals surface area contributed by atoms with Gasteiger partial charge in [0.15, 0.2) is 0 Å². The molecule has 0 N–H and O–H groups in total. The first-order valence-corrected chi connectivity index (χ1v) is 5.44. The van der Waals surface area contributed by atoms with Crippen molar-refractivity contribution < 1.29 is 4.74 Å². The van der Waals surface area contributed by atoms with Crippen molar-refractivity contribution in [3.05, 3.63) is 42.5 Å². The van der Waals surface area contributed by atoms with Crippen molar-refractivity contribution in [2.24, 2.45) is 5.92 Å². The van der Waals surface area contributed by atoms with E-state index in [1.54, 1.807) is 7.11 Å². The van der Waals surface area contributed by atoms with Crippen LogP contribution in [0.5, 0.6) is 5.75 Å². The maximum Gasteiger partial charge on any atom is 0.122 e. The summed E-state index contributed by atoms with van der Waals surface area (Å²) in [5.41, 5.74) is 1.29. The summed E-state index contributed by atoms with van der Waals surface area (Å²) >= 11 is 0. The van der Waals surface area contributed by atoms with Gasteiger partial charge in [0.1, 0.15) is 5.75 Å². The molecule has 0 spiro atoms. The van der Waals surface area contributed by atoms with E-state index in [9.17, 15) is 0 Å². The summed E-state index contributed by atoms with van der Waals surface area (Å²) in [6.07, 6.45) is 3.02. The minimum atomic E-state index is 0.499. The van der Waals surface area contributed by atoms with E-state index in [1.807, 2.05) is 18.2 Å². The monoisotopic (exact) mass is 204 g/mol. The fourth-order valence-electron chi connectivity index (χ4n) is 1.82. The van der Waals surface area contributed by atoms with Gasteiger partial charge in [0, 0.05) is 0 Å². The Bertz CT molecular complexity index is 317. The van der Waals surface area contributed by atoms with E-state index in [1.165, 1.54) is 5.56 Å². The van der Waals surface area contributed by atoms with Crippen LogP contribution in [0.25, 0.3) is 0 Å². The highest BCUT2D eigenvalue weighted by Crippen LogP contribution is 2.32. The third-order valence-corrected chi connectivity index (χ3v) is 3.02. The molecule has 0 aliphatic heterocycles. The standard InChI is InChI=1S/C14H20O/c1-5-8-11(2)12(3)13-9-6-7-10-14(13)15-4/h5-7,9-12H,1,8H2,2-4H3/t11-,12-/m1/s1. The minimum absolute atomic E-state index is 0.499. The summed E-state index contributed by atoms with van der Waals surface area (Å²) in [5.74, 6) is 2.08. The molecule has 2 atom stereocenters. The summed E-state index contributed by atoms with van der Waals surface area (Å²) < 4.78 is 5.37. The third kappa shape index (κ3) is 2.85. The van der Waals surface area contributed by atoms with Gasteiger partial charge in [-0.25, -0.2) is 0 Å².